The molecule has 0 saturated carbocycles. The highest BCUT2D eigenvalue weighted by Crippen LogP contribution is 2.24. The summed E-state index contributed by atoms with van der Waals surface area (Å²) < 4.78 is 1.23. The zero-order valence-electron chi connectivity index (χ0n) is 4.03. The first-order valence-corrected chi connectivity index (χ1v) is 4.92. The first kappa shape index (κ1) is 6.78. The van der Waals surface area contributed by atoms with E-state index in [1.807, 2.05) is 0 Å². The number of thiophene rings is 1. The predicted octanol–water partition coefficient (Wildman–Crippen LogP) is 3.41. The lowest BCUT2D eigenvalue weighted by Crippen LogP contribution is -1.66. The molecule has 0 nitrogen and oxygen atoms in total. The normalized spacial score (nSPS) is 9.75. The van der Waals surface area contributed by atoms with Crippen LogP contribution in [-0.2, 0) is 5.33 Å². The van der Waals surface area contributed by atoms with Crippen LogP contribution in [0.3, 0.4) is 0 Å². The van der Waals surface area contributed by atoms with E-state index in [1.54, 1.807) is 11.3 Å². The summed E-state index contributed by atoms with van der Waals surface area (Å²) >= 11 is 8.49. The largest absolute Gasteiger partial charge is 0.137 e. The van der Waals surface area contributed by atoms with Crippen LogP contribution in [-0.4, -0.2) is 0 Å². The van der Waals surface area contributed by atoms with Crippen molar-refractivity contribution in [1.82, 2.24) is 0 Å². The Kier molecular flexibility index (Phi) is 2.53. The van der Waals surface area contributed by atoms with Crippen LogP contribution in [0.2, 0.25) is 0 Å². The molecule has 1 rings (SSSR count). The zero-order chi connectivity index (χ0) is 5.98. The van der Waals surface area contributed by atoms with Gasteiger partial charge in [0.05, 0.1) is 3.79 Å². The number of hydrogen-bond acceptors (Lipinski definition) is 1. The number of rotatable bonds is 1. The maximum absolute atomic E-state index is 3.41. The Morgan fingerprint density at radius 3 is 2.62 bits per heavy atom. The van der Waals surface area contributed by atoms with E-state index in [9.17, 15) is 0 Å². The molecule has 0 unspecified atom stereocenters. The van der Waals surface area contributed by atoms with Crippen molar-refractivity contribution in [1.29, 1.82) is 0 Å². The third kappa shape index (κ3) is 1.33. The lowest BCUT2D eigenvalue weighted by molar-refractivity contribution is 1.48. The fourth-order valence-corrected chi connectivity index (χ4v) is 2.68. The third-order valence-electron chi connectivity index (χ3n) is 0.837. The van der Waals surface area contributed by atoms with Crippen molar-refractivity contribution >= 4 is 43.2 Å². The summed E-state index contributed by atoms with van der Waals surface area (Å²) in [4.78, 5) is 0. The second kappa shape index (κ2) is 2.99. The molecule has 0 bridgehead atoms. The average molecular weight is 256 g/mol. The van der Waals surface area contributed by atoms with Crippen LogP contribution in [0.5, 0.6) is 0 Å². The summed E-state index contributed by atoms with van der Waals surface area (Å²) in [5.74, 6) is 0. The van der Waals surface area contributed by atoms with Gasteiger partial charge >= 0.3 is 0 Å². The molecular weight excluding hydrogens is 252 g/mol. The SMILES string of the molecule is BrCc1ccsc1Br. The molecular formula is C5H4Br2S. The van der Waals surface area contributed by atoms with Crippen molar-refractivity contribution in [2.45, 2.75) is 5.33 Å². The lowest BCUT2D eigenvalue weighted by atomic mass is 10.4. The van der Waals surface area contributed by atoms with Gasteiger partial charge in [-0.2, -0.15) is 0 Å². The molecule has 0 aliphatic carbocycles. The molecule has 3 heteroatoms. The Bertz CT molecular complexity index is 171. The predicted molar refractivity (Wildman–Crippen MR) is 44.7 cm³/mol. The molecule has 44 valence electrons. The van der Waals surface area contributed by atoms with Gasteiger partial charge in [-0.15, -0.1) is 11.3 Å². The molecule has 0 spiro atoms. The molecule has 1 aromatic rings. The van der Waals surface area contributed by atoms with E-state index in [1.165, 1.54) is 9.35 Å². The molecule has 0 N–H and O–H groups in total. The molecule has 0 aliphatic rings. The van der Waals surface area contributed by atoms with Crippen LogP contribution in [0.15, 0.2) is 15.2 Å². The maximum Gasteiger partial charge on any atom is 0.0738 e. The van der Waals surface area contributed by atoms with E-state index >= 15 is 0 Å². The van der Waals surface area contributed by atoms with Crippen molar-refractivity contribution in [3.8, 4) is 0 Å². The van der Waals surface area contributed by atoms with Gasteiger partial charge in [0.25, 0.3) is 0 Å². The van der Waals surface area contributed by atoms with Gasteiger partial charge in [0, 0.05) is 5.33 Å². The van der Waals surface area contributed by atoms with Crippen molar-refractivity contribution in [3.63, 3.8) is 0 Å². The van der Waals surface area contributed by atoms with Gasteiger partial charge in [-0.25, -0.2) is 0 Å². The smallest absolute Gasteiger partial charge is 0.0738 e. The fraction of sp³-hybridized carbons (Fsp3) is 0.200. The molecule has 0 atom stereocenters. The number of alkyl halides is 1. The van der Waals surface area contributed by atoms with Gasteiger partial charge in [-0.1, -0.05) is 15.9 Å². The van der Waals surface area contributed by atoms with Gasteiger partial charge in [0.15, 0.2) is 0 Å². The summed E-state index contributed by atoms with van der Waals surface area (Å²) in [7, 11) is 0. The van der Waals surface area contributed by atoms with E-state index in [4.69, 9.17) is 0 Å². The van der Waals surface area contributed by atoms with Crippen molar-refractivity contribution < 1.29 is 0 Å². The lowest BCUT2D eigenvalue weighted by Gasteiger charge is -1.84. The minimum atomic E-state index is 0.942. The molecule has 0 aromatic carbocycles. The van der Waals surface area contributed by atoms with Crippen molar-refractivity contribution in [2.24, 2.45) is 0 Å². The second-order valence-corrected chi connectivity index (χ2v) is 4.15. The maximum atomic E-state index is 3.41. The highest BCUT2D eigenvalue weighted by molar-refractivity contribution is 9.11. The van der Waals surface area contributed by atoms with E-state index in [0.717, 1.165) is 5.33 Å². The first-order chi connectivity index (χ1) is 3.84. The van der Waals surface area contributed by atoms with Crippen LogP contribution in [0, 0.1) is 0 Å². The van der Waals surface area contributed by atoms with Gasteiger partial charge < -0.3 is 0 Å². The van der Waals surface area contributed by atoms with E-state index in [-0.39, 0.29) is 0 Å². The molecule has 0 amide bonds. The fourth-order valence-electron chi connectivity index (χ4n) is 0.414. The highest BCUT2D eigenvalue weighted by atomic mass is 79.9. The average Bonchev–Trinajstić information content (AvgIpc) is 2.14. The van der Waals surface area contributed by atoms with Crippen LogP contribution >= 0.6 is 43.2 Å². The Morgan fingerprint density at radius 1 is 1.62 bits per heavy atom. The summed E-state index contributed by atoms with van der Waals surface area (Å²) in [5, 5.41) is 3.01. The highest BCUT2D eigenvalue weighted by Gasteiger charge is 1.95. The van der Waals surface area contributed by atoms with Crippen LogP contribution < -0.4 is 0 Å². The summed E-state index contributed by atoms with van der Waals surface area (Å²) in [6.45, 7) is 0. The van der Waals surface area contributed by atoms with Crippen LogP contribution in [0.25, 0.3) is 0 Å². The minimum Gasteiger partial charge on any atom is -0.137 e. The first-order valence-electron chi connectivity index (χ1n) is 2.12. The Balaban J connectivity index is 2.92. The van der Waals surface area contributed by atoms with E-state index < -0.39 is 0 Å². The summed E-state index contributed by atoms with van der Waals surface area (Å²) in [6.07, 6.45) is 0. The molecule has 0 fully saturated rings. The molecule has 0 aliphatic heterocycles. The monoisotopic (exact) mass is 254 g/mol. The van der Waals surface area contributed by atoms with Crippen molar-refractivity contribution in [3.05, 3.63) is 20.8 Å². The molecule has 0 saturated heterocycles. The Hall–Kier alpha value is 0.660. The van der Waals surface area contributed by atoms with E-state index in [0.29, 0.717) is 0 Å². The molecule has 1 heterocycles. The molecule has 1 aromatic heterocycles. The topological polar surface area (TPSA) is 0 Å². The second-order valence-electron chi connectivity index (χ2n) is 1.35. The summed E-state index contributed by atoms with van der Waals surface area (Å²) in [6, 6.07) is 2.10. The van der Waals surface area contributed by atoms with Gasteiger partial charge in [0.2, 0.25) is 0 Å². The van der Waals surface area contributed by atoms with Gasteiger partial charge in [-0.3, -0.25) is 0 Å². The van der Waals surface area contributed by atoms with Gasteiger partial charge in [0.1, 0.15) is 0 Å². The minimum absolute atomic E-state index is 0.942. The van der Waals surface area contributed by atoms with Gasteiger partial charge in [-0.05, 0) is 32.9 Å². The summed E-state index contributed by atoms with van der Waals surface area (Å²) in [5.41, 5.74) is 1.33. The zero-order valence-corrected chi connectivity index (χ0v) is 8.01. The van der Waals surface area contributed by atoms with Crippen LogP contribution in [0.4, 0.5) is 0 Å². The van der Waals surface area contributed by atoms with Crippen LogP contribution in [0.1, 0.15) is 5.56 Å². The third-order valence-corrected chi connectivity index (χ3v) is 3.25. The van der Waals surface area contributed by atoms with E-state index in [2.05, 4.69) is 43.3 Å². The standard InChI is InChI=1S/C5H4Br2S/c6-3-4-1-2-8-5(4)7/h1-2H,3H2. The number of hydrogen-bond donors (Lipinski definition) is 0. The Morgan fingerprint density at radius 2 is 2.38 bits per heavy atom. The molecule has 0 radical (unpaired) electrons. The molecule has 8 heavy (non-hydrogen) atoms. The Labute approximate surface area is 69.2 Å². The number of halogens is 2. The van der Waals surface area contributed by atoms with Crippen molar-refractivity contribution in [2.75, 3.05) is 0 Å². The quantitative estimate of drug-likeness (QED) is 0.675.